The molecule has 0 amide bonds. The smallest absolute Gasteiger partial charge is 0.149 e. The SMILES string of the molecule is C[Si](C)(C)c1ccc(-c2cc(-c3cc([Si](C)(C)C)cc4c3nc(-c3ccc(-c5ccccc5)cc3O)n4-c3ccccc3-c3ccccc3)c3oc4ccccc4c3c2)nc1. The molecule has 0 atom stereocenters. The maximum atomic E-state index is 12.0. The number of hydrogen-bond donors (Lipinski definition) is 1. The number of nitrogens with zero attached hydrogens (tertiary/aromatic N) is 3. The van der Waals surface area contributed by atoms with Crippen LogP contribution in [0.5, 0.6) is 5.75 Å². The first-order valence-electron chi connectivity index (χ1n) is 21.0. The van der Waals surface area contributed by atoms with E-state index in [4.69, 9.17) is 14.4 Å². The van der Waals surface area contributed by atoms with Crippen molar-refractivity contribution in [3.05, 3.63) is 170 Å². The molecule has 0 fully saturated rings. The third-order valence-electron chi connectivity index (χ3n) is 11.9. The van der Waals surface area contributed by atoms with Gasteiger partial charge in [-0.25, -0.2) is 4.98 Å². The zero-order valence-electron chi connectivity index (χ0n) is 35.4. The molecule has 7 heteroatoms. The van der Waals surface area contributed by atoms with Crippen LogP contribution in [-0.2, 0) is 0 Å². The van der Waals surface area contributed by atoms with Gasteiger partial charge in [-0.2, -0.15) is 0 Å². The molecular formula is C54H47N3O2Si2. The number of phenolic OH excluding ortho intramolecular Hbond substituents is 1. The van der Waals surface area contributed by atoms with Crippen LogP contribution >= 0.6 is 0 Å². The standard InChI is InChI=1S/C54H47N3O2Si2/c1-60(2,3)39-26-28-47(55-34-39)38-29-45-42-22-14-16-24-51(42)59-53(45)46(30-38)44-32-40(61(4,5)6)33-49-52(44)56-54(43-27-25-37(31-50(43)58)35-17-9-7-10-18-35)57(49)48-23-15-13-21-41(48)36-19-11-8-12-20-36/h7-34,58H,1-6H3. The Bertz CT molecular complexity index is 3270. The van der Waals surface area contributed by atoms with Crippen molar-refractivity contribution in [2.24, 2.45) is 0 Å². The molecular weight excluding hydrogens is 779 g/mol. The Hall–Kier alpha value is -6.81. The average Bonchev–Trinajstić information content (AvgIpc) is 3.85. The quantitative estimate of drug-likeness (QED) is 0.155. The van der Waals surface area contributed by atoms with E-state index in [-0.39, 0.29) is 5.75 Å². The maximum absolute atomic E-state index is 12.0. The molecule has 0 spiro atoms. The van der Waals surface area contributed by atoms with E-state index in [2.05, 4.69) is 165 Å². The Morgan fingerprint density at radius 1 is 0.508 bits per heavy atom. The fraction of sp³-hybridized carbons (Fsp3) is 0.111. The van der Waals surface area contributed by atoms with Gasteiger partial charge in [0.2, 0.25) is 0 Å². The van der Waals surface area contributed by atoms with Gasteiger partial charge in [-0.05, 0) is 70.4 Å². The summed E-state index contributed by atoms with van der Waals surface area (Å²) in [6, 6.07) is 57.0. The summed E-state index contributed by atoms with van der Waals surface area (Å²) in [5.41, 5.74) is 13.1. The molecule has 0 bridgehead atoms. The maximum Gasteiger partial charge on any atom is 0.149 e. The molecule has 1 N–H and O–H groups in total. The minimum Gasteiger partial charge on any atom is -0.507 e. The Labute approximate surface area is 358 Å². The summed E-state index contributed by atoms with van der Waals surface area (Å²) in [6.07, 6.45) is 2.07. The molecule has 0 saturated heterocycles. The zero-order valence-corrected chi connectivity index (χ0v) is 37.4. The van der Waals surface area contributed by atoms with E-state index in [1.807, 2.05) is 48.5 Å². The van der Waals surface area contributed by atoms with Crippen molar-refractivity contribution in [1.82, 2.24) is 14.5 Å². The van der Waals surface area contributed by atoms with Crippen LogP contribution in [0.4, 0.5) is 0 Å². The molecule has 0 aliphatic carbocycles. The monoisotopic (exact) mass is 825 g/mol. The van der Waals surface area contributed by atoms with Crippen molar-refractivity contribution in [2.75, 3.05) is 0 Å². The largest absolute Gasteiger partial charge is 0.507 e. The van der Waals surface area contributed by atoms with Crippen LogP contribution in [0, 0.1) is 0 Å². The predicted octanol–water partition coefficient (Wildman–Crippen LogP) is 13.5. The van der Waals surface area contributed by atoms with Crippen molar-refractivity contribution in [2.45, 2.75) is 39.3 Å². The molecule has 0 saturated carbocycles. The van der Waals surface area contributed by atoms with Gasteiger partial charge in [0, 0.05) is 39.2 Å². The molecule has 10 rings (SSSR count). The fourth-order valence-corrected chi connectivity index (χ4v) is 10.7. The van der Waals surface area contributed by atoms with Gasteiger partial charge in [-0.3, -0.25) is 9.55 Å². The minimum absolute atomic E-state index is 0.164. The van der Waals surface area contributed by atoms with Crippen LogP contribution in [0.2, 0.25) is 39.3 Å². The van der Waals surface area contributed by atoms with Gasteiger partial charge in [0.1, 0.15) is 22.7 Å². The number of rotatable bonds is 8. The van der Waals surface area contributed by atoms with E-state index < -0.39 is 16.1 Å². The number of furan rings is 1. The number of phenols is 1. The van der Waals surface area contributed by atoms with Crippen LogP contribution in [0.1, 0.15) is 0 Å². The molecule has 298 valence electrons. The summed E-state index contributed by atoms with van der Waals surface area (Å²) in [5, 5.41) is 16.8. The summed E-state index contributed by atoms with van der Waals surface area (Å²) in [6.45, 7) is 14.2. The molecule has 61 heavy (non-hydrogen) atoms. The topological polar surface area (TPSA) is 64.1 Å². The van der Waals surface area contributed by atoms with Crippen LogP contribution in [-0.4, -0.2) is 35.8 Å². The van der Waals surface area contributed by atoms with E-state index in [1.165, 1.54) is 10.4 Å². The van der Waals surface area contributed by atoms with Crippen molar-refractivity contribution in [1.29, 1.82) is 0 Å². The van der Waals surface area contributed by atoms with Gasteiger partial charge < -0.3 is 9.52 Å². The van der Waals surface area contributed by atoms with E-state index >= 15 is 0 Å². The molecule has 5 nitrogen and oxygen atoms in total. The highest BCUT2D eigenvalue weighted by molar-refractivity contribution is 6.89. The van der Waals surface area contributed by atoms with Crippen molar-refractivity contribution in [3.63, 3.8) is 0 Å². The number of para-hydroxylation sites is 2. The summed E-state index contributed by atoms with van der Waals surface area (Å²) in [4.78, 5) is 10.7. The number of imidazole rings is 1. The zero-order chi connectivity index (χ0) is 42.0. The molecule has 0 unspecified atom stereocenters. The second-order valence-electron chi connectivity index (χ2n) is 18.1. The first kappa shape index (κ1) is 38.4. The third kappa shape index (κ3) is 6.89. The lowest BCUT2D eigenvalue weighted by Crippen LogP contribution is -2.37. The van der Waals surface area contributed by atoms with Gasteiger partial charge in [0.25, 0.3) is 0 Å². The molecule has 0 aliphatic rings. The molecule has 3 heterocycles. The van der Waals surface area contributed by atoms with E-state index in [0.717, 1.165) is 83.3 Å². The lowest BCUT2D eigenvalue weighted by atomic mass is 9.96. The van der Waals surface area contributed by atoms with E-state index in [0.29, 0.717) is 11.4 Å². The van der Waals surface area contributed by atoms with Gasteiger partial charge in [-0.15, -0.1) is 0 Å². The number of benzene rings is 7. The van der Waals surface area contributed by atoms with Gasteiger partial charge in [0.05, 0.1) is 44.1 Å². The summed E-state index contributed by atoms with van der Waals surface area (Å²) in [7, 11) is -3.53. The Morgan fingerprint density at radius 3 is 1.90 bits per heavy atom. The van der Waals surface area contributed by atoms with Crippen molar-refractivity contribution >= 4 is 59.5 Å². The molecule has 0 radical (unpaired) electrons. The first-order chi connectivity index (χ1) is 29.4. The first-order valence-corrected chi connectivity index (χ1v) is 28.0. The lowest BCUT2D eigenvalue weighted by Gasteiger charge is -2.20. The normalized spacial score (nSPS) is 12.2. The third-order valence-corrected chi connectivity index (χ3v) is 15.9. The Kier molecular flexibility index (Phi) is 9.27. The summed E-state index contributed by atoms with van der Waals surface area (Å²) in [5.74, 6) is 0.821. The van der Waals surface area contributed by atoms with E-state index in [1.54, 1.807) is 0 Å². The number of aromatic nitrogens is 3. The van der Waals surface area contributed by atoms with Gasteiger partial charge >= 0.3 is 0 Å². The lowest BCUT2D eigenvalue weighted by molar-refractivity contribution is 0.477. The van der Waals surface area contributed by atoms with Crippen LogP contribution in [0.3, 0.4) is 0 Å². The van der Waals surface area contributed by atoms with Crippen molar-refractivity contribution in [3.8, 4) is 67.5 Å². The molecule has 3 aromatic heterocycles. The average molecular weight is 826 g/mol. The Morgan fingerprint density at radius 2 is 1.20 bits per heavy atom. The number of pyridine rings is 1. The van der Waals surface area contributed by atoms with Crippen LogP contribution in [0.15, 0.2) is 174 Å². The number of hydrogen-bond acceptors (Lipinski definition) is 4. The van der Waals surface area contributed by atoms with Gasteiger partial charge in [0.15, 0.2) is 0 Å². The molecule has 7 aromatic carbocycles. The highest BCUT2D eigenvalue weighted by Crippen LogP contribution is 2.44. The predicted molar refractivity (Wildman–Crippen MR) is 261 cm³/mol. The van der Waals surface area contributed by atoms with E-state index in [9.17, 15) is 5.11 Å². The minimum atomic E-state index is -1.97. The highest BCUT2D eigenvalue weighted by atomic mass is 28.3. The number of aromatic hydroxyl groups is 1. The van der Waals surface area contributed by atoms with Gasteiger partial charge in [-0.1, -0.05) is 160 Å². The summed E-state index contributed by atoms with van der Waals surface area (Å²) < 4.78 is 9.11. The van der Waals surface area contributed by atoms with Crippen molar-refractivity contribution < 1.29 is 9.52 Å². The highest BCUT2D eigenvalue weighted by Gasteiger charge is 2.28. The fourth-order valence-electron chi connectivity index (χ4n) is 8.48. The molecule has 0 aliphatic heterocycles. The van der Waals surface area contributed by atoms with Crippen LogP contribution < -0.4 is 10.4 Å². The number of fused-ring (bicyclic) bond motifs is 4. The second kappa shape index (κ2) is 14.7. The molecule has 10 aromatic rings. The Balaban J connectivity index is 1.31. The van der Waals surface area contributed by atoms with Crippen LogP contribution in [0.25, 0.3) is 94.7 Å². The summed E-state index contributed by atoms with van der Waals surface area (Å²) >= 11 is 0. The second-order valence-corrected chi connectivity index (χ2v) is 28.2.